The van der Waals surface area contributed by atoms with Crippen molar-refractivity contribution in [1.82, 2.24) is 10.3 Å². The molecule has 3 rings (SSSR count). The molecule has 1 N–H and O–H groups in total. The Bertz CT molecular complexity index is 390. The average molecular weight is 295 g/mol. The Kier molecular flexibility index (Phi) is 3.48. The van der Waals surface area contributed by atoms with E-state index in [0.717, 1.165) is 22.4 Å². The molecule has 3 heteroatoms. The quantitative estimate of drug-likeness (QED) is 0.902. The number of pyridine rings is 1. The van der Waals surface area contributed by atoms with Gasteiger partial charge >= 0.3 is 0 Å². The molecular weight excluding hydrogens is 276 g/mol. The molecule has 2 atom stereocenters. The van der Waals surface area contributed by atoms with Gasteiger partial charge in [0, 0.05) is 22.9 Å². The van der Waals surface area contributed by atoms with E-state index in [1.54, 1.807) is 0 Å². The largest absolute Gasteiger partial charge is 0.314 e. The monoisotopic (exact) mass is 294 g/mol. The summed E-state index contributed by atoms with van der Waals surface area (Å²) in [6.07, 6.45) is 10.7. The average Bonchev–Trinajstić information content (AvgIpc) is 3.09. The summed E-state index contributed by atoms with van der Waals surface area (Å²) in [5.74, 6) is 1.77. The van der Waals surface area contributed by atoms with Crippen molar-refractivity contribution < 1.29 is 0 Å². The van der Waals surface area contributed by atoms with E-state index < -0.39 is 0 Å². The predicted octanol–water partition coefficient (Wildman–Crippen LogP) is 3.16. The summed E-state index contributed by atoms with van der Waals surface area (Å²) < 4.78 is 1.10. The van der Waals surface area contributed by atoms with Gasteiger partial charge in [0.2, 0.25) is 0 Å². The molecule has 1 aromatic heterocycles. The first-order chi connectivity index (χ1) is 8.31. The van der Waals surface area contributed by atoms with Crippen molar-refractivity contribution in [2.45, 2.75) is 38.1 Å². The van der Waals surface area contributed by atoms with Gasteiger partial charge in [0.05, 0.1) is 0 Å². The number of hydrogen-bond donors (Lipinski definition) is 1. The summed E-state index contributed by atoms with van der Waals surface area (Å²) in [6, 6.07) is 3.06. The summed E-state index contributed by atoms with van der Waals surface area (Å²) in [7, 11) is 0. The number of aromatic nitrogens is 1. The van der Waals surface area contributed by atoms with Gasteiger partial charge in [-0.25, -0.2) is 0 Å². The maximum Gasteiger partial charge on any atom is 0.0410 e. The lowest BCUT2D eigenvalue weighted by atomic mass is 9.71. The van der Waals surface area contributed by atoms with Crippen LogP contribution >= 0.6 is 15.9 Å². The van der Waals surface area contributed by atoms with Gasteiger partial charge in [-0.05, 0) is 78.0 Å². The minimum absolute atomic E-state index is 0.851. The molecule has 17 heavy (non-hydrogen) atoms. The van der Waals surface area contributed by atoms with Gasteiger partial charge in [0.15, 0.2) is 0 Å². The molecule has 0 spiro atoms. The van der Waals surface area contributed by atoms with Gasteiger partial charge in [0.1, 0.15) is 0 Å². The molecule has 0 aliphatic heterocycles. The van der Waals surface area contributed by atoms with Crippen molar-refractivity contribution in [3.05, 3.63) is 28.5 Å². The van der Waals surface area contributed by atoms with Crippen LogP contribution in [0.4, 0.5) is 0 Å². The second kappa shape index (κ2) is 5.07. The van der Waals surface area contributed by atoms with Crippen molar-refractivity contribution in [2.24, 2.45) is 11.8 Å². The van der Waals surface area contributed by atoms with Gasteiger partial charge in [-0.3, -0.25) is 4.98 Å². The molecule has 2 fully saturated rings. The molecule has 2 aliphatic carbocycles. The number of halogens is 1. The lowest BCUT2D eigenvalue weighted by molar-refractivity contribution is 0.170. The Morgan fingerprint density at radius 1 is 1.18 bits per heavy atom. The van der Waals surface area contributed by atoms with Crippen LogP contribution < -0.4 is 5.32 Å². The summed E-state index contributed by atoms with van der Waals surface area (Å²) in [4.78, 5) is 4.24. The fourth-order valence-electron chi connectivity index (χ4n) is 2.65. The maximum atomic E-state index is 4.24. The summed E-state index contributed by atoms with van der Waals surface area (Å²) in [5, 5.41) is 3.66. The van der Waals surface area contributed by atoms with E-state index in [1.165, 1.54) is 44.2 Å². The highest BCUT2D eigenvalue weighted by Gasteiger charge is 2.32. The van der Waals surface area contributed by atoms with Gasteiger partial charge in [0.25, 0.3) is 0 Å². The van der Waals surface area contributed by atoms with E-state index in [2.05, 4.69) is 32.3 Å². The van der Waals surface area contributed by atoms with Gasteiger partial charge < -0.3 is 5.32 Å². The normalized spacial score (nSPS) is 27.8. The highest BCUT2D eigenvalue weighted by molar-refractivity contribution is 9.10. The highest BCUT2D eigenvalue weighted by atomic mass is 79.9. The Hall–Kier alpha value is -0.410. The van der Waals surface area contributed by atoms with Crippen molar-refractivity contribution in [2.75, 3.05) is 6.54 Å². The maximum absolute atomic E-state index is 4.24. The first-order valence-corrected chi connectivity index (χ1v) is 7.43. The van der Waals surface area contributed by atoms with Gasteiger partial charge in [-0.15, -0.1) is 0 Å². The van der Waals surface area contributed by atoms with Crippen molar-refractivity contribution >= 4 is 15.9 Å². The smallest absolute Gasteiger partial charge is 0.0410 e. The van der Waals surface area contributed by atoms with Crippen molar-refractivity contribution in [1.29, 1.82) is 0 Å². The minimum Gasteiger partial charge on any atom is -0.314 e. The Morgan fingerprint density at radius 2 is 2.00 bits per heavy atom. The number of hydrogen-bond acceptors (Lipinski definition) is 2. The lowest BCUT2D eigenvalue weighted by Gasteiger charge is -2.37. The van der Waals surface area contributed by atoms with E-state index in [-0.39, 0.29) is 0 Å². The number of nitrogens with zero attached hydrogens (tertiary/aromatic N) is 1. The Morgan fingerprint density at radius 3 is 2.65 bits per heavy atom. The first-order valence-electron chi connectivity index (χ1n) is 6.64. The van der Waals surface area contributed by atoms with Crippen LogP contribution in [-0.4, -0.2) is 17.6 Å². The van der Waals surface area contributed by atoms with Crippen LogP contribution in [0.5, 0.6) is 0 Å². The van der Waals surface area contributed by atoms with Crippen LogP contribution in [0.2, 0.25) is 0 Å². The molecule has 2 saturated carbocycles. The SMILES string of the molecule is Brc1cncc(CC2CCC2CNC2CC2)c1. The zero-order chi connectivity index (χ0) is 11.7. The zero-order valence-electron chi connectivity index (χ0n) is 10.0. The van der Waals surface area contributed by atoms with Crippen LogP contribution in [0, 0.1) is 11.8 Å². The van der Waals surface area contributed by atoms with Crippen LogP contribution in [0.1, 0.15) is 31.2 Å². The molecule has 2 aliphatic rings. The zero-order valence-corrected chi connectivity index (χ0v) is 11.6. The molecule has 0 aromatic carbocycles. The van der Waals surface area contributed by atoms with E-state index >= 15 is 0 Å². The van der Waals surface area contributed by atoms with Gasteiger partial charge in [-0.1, -0.05) is 0 Å². The van der Waals surface area contributed by atoms with Gasteiger partial charge in [-0.2, -0.15) is 0 Å². The van der Waals surface area contributed by atoms with E-state index in [9.17, 15) is 0 Å². The second-order valence-corrected chi connectivity index (χ2v) is 6.41. The topological polar surface area (TPSA) is 24.9 Å². The van der Waals surface area contributed by atoms with Crippen LogP contribution in [0.15, 0.2) is 22.9 Å². The number of rotatable bonds is 5. The summed E-state index contributed by atoms with van der Waals surface area (Å²) >= 11 is 3.49. The third kappa shape index (κ3) is 3.08. The second-order valence-electron chi connectivity index (χ2n) is 5.50. The third-order valence-electron chi connectivity index (χ3n) is 4.08. The molecule has 0 bridgehead atoms. The molecule has 92 valence electrons. The van der Waals surface area contributed by atoms with Crippen molar-refractivity contribution in [3.63, 3.8) is 0 Å². The number of nitrogens with one attached hydrogen (secondary N) is 1. The standard InChI is InChI=1S/C14H19BrN2/c15-13-6-10(7-16-9-13)5-11-1-2-12(11)8-17-14-3-4-14/h6-7,9,11-12,14,17H,1-5,8H2. The van der Waals surface area contributed by atoms with Crippen molar-refractivity contribution in [3.8, 4) is 0 Å². The summed E-state index contributed by atoms with van der Waals surface area (Å²) in [5.41, 5.74) is 1.38. The molecule has 1 aromatic rings. The minimum atomic E-state index is 0.851. The summed E-state index contributed by atoms with van der Waals surface area (Å²) in [6.45, 7) is 1.23. The molecule has 0 amide bonds. The third-order valence-corrected chi connectivity index (χ3v) is 4.51. The van der Waals surface area contributed by atoms with E-state index in [1.807, 2.05) is 12.4 Å². The molecule has 0 radical (unpaired) electrons. The molecule has 0 saturated heterocycles. The lowest BCUT2D eigenvalue weighted by Crippen LogP contribution is -2.37. The fraction of sp³-hybridized carbons (Fsp3) is 0.643. The van der Waals surface area contributed by atoms with Crippen LogP contribution in [-0.2, 0) is 6.42 Å². The van der Waals surface area contributed by atoms with E-state index in [0.29, 0.717) is 0 Å². The molecule has 2 unspecified atom stereocenters. The first kappa shape index (κ1) is 11.7. The predicted molar refractivity (Wildman–Crippen MR) is 72.9 cm³/mol. The highest BCUT2D eigenvalue weighted by Crippen LogP contribution is 2.37. The molecule has 2 nitrogen and oxygen atoms in total. The van der Waals surface area contributed by atoms with Crippen LogP contribution in [0.25, 0.3) is 0 Å². The van der Waals surface area contributed by atoms with Crippen LogP contribution in [0.3, 0.4) is 0 Å². The fourth-order valence-corrected chi connectivity index (χ4v) is 3.06. The Balaban J connectivity index is 1.50. The molecule has 1 heterocycles. The Labute approximate surface area is 111 Å². The molecular formula is C14H19BrN2. The van der Waals surface area contributed by atoms with E-state index in [4.69, 9.17) is 0 Å².